The topological polar surface area (TPSA) is 86.8 Å². The van der Waals surface area contributed by atoms with Crippen LogP contribution in [0.2, 0.25) is 0 Å². The molecule has 1 atom stereocenters. The number of nitrogens with zero attached hydrogens (tertiary/aromatic N) is 2. The number of hydrogen-bond donors (Lipinski definition) is 1. The first-order valence-electron chi connectivity index (χ1n) is 9.35. The monoisotopic (exact) mass is 371 g/mol. The van der Waals surface area contributed by atoms with E-state index < -0.39 is 15.4 Å². The molecule has 0 aromatic heterocycles. The number of rotatable bonds is 5. The lowest BCUT2D eigenvalue weighted by Crippen LogP contribution is -2.51. The van der Waals surface area contributed by atoms with Crippen LogP contribution in [0, 0.1) is 5.92 Å². The maximum atomic E-state index is 13.0. The van der Waals surface area contributed by atoms with Crippen molar-refractivity contribution in [2.24, 2.45) is 5.92 Å². The number of carbonyl (C=O) groups excluding carboxylic acids is 2. The number of sulfone groups is 1. The zero-order chi connectivity index (χ0) is 18.2. The van der Waals surface area contributed by atoms with Gasteiger partial charge >= 0.3 is 6.03 Å². The summed E-state index contributed by atoms with van der Waals surface area (Å²) in [5.41, 5.74) is -0.733. The third-order valence-corrected chi connectivity index (χ3v) is 7.68. The van der Waals surface area contributed by atoms with E-state index in [0.29, 0.717) is 31.7 Å². The molecular weight excluding hydrogens is 342 g/mol. The van der Waals surface area contributed by atoms with E-state index in [1.54, 1.807) is 0 Å². The maximum Gasteiger partial charge on any atom is 0.326 e. The number of amides is 3. The van der Waals surface area contributed by atoms with Gasteiger partial charge in [-0.1, -0.05) is 13.8 Å². The minimum Gasteiger partial charge on any atom is -0.323 e. The Morgan fingerprint density at radius 3 is 2.48 bits per heavy atom. The fourth-order valence-electron chi connectivity index (χ4n) is 4.30. The van der Waals surface area contributed by atoms with Crippen LogP contribution in [-0.2, 0) is 14.6 Å². The Morgan fingerprint density at radius 1 is 1.24 bits per heavy atom. The van der Waals surface area contributed by atoms with Crippen molar-refractivity contribution in [3.05, 3.63) is 0 Å². The van der Waals surface area contributed by atoms with E-state index in [2.05, 4.69) is 12.2 Å². The van der Waals surface area contributed by atoms with Crippen LogP contribution in [0.4, 0.5) is 4.79 Å². The Bertz CT molecular complexity index is 640. The van der Waals surface area contributed by atoms with Gasteiger partial charge in [0.1, 0.15) is 5.54 Å². The summed E-state index contributed by atoms with van der Waals surface area (Å²) in [4.78, 5) is 28.7. The molecule has 1 saturated carbocycles. The predicted octanol–water partition coefficient (Wildman–Crippen LogP) is 1.34. The molecule has 2 aliphatic heterocycles. The average molecular weight is 372 g/mol. The number of carbonyl (C=O) groups is 2. The summed E-state index contributed by atoms with van der Waals surface area (Å²) in [7, 11) is -3.00. The van der Waals surface area contributed by atoms with Crippen molar-refractivity contribution < 1.29 is 18.0 Å². The van der Waals surface area contributed by atoms with Crippen LogP contribution in [0.3, 0.4) is 0 Å². The fraction of sp³-hybridized carbons (Fsp3) is 0.882. The number of imide groups is 1. The van der Waals surface area contributed by atoms with Gasteiger partial charge in [0.15, 0.2) is 9.84 Å². The maximum absolute atomic E-state index is 13.0. The molecule has 0 aromatic carbocycles. The van der Waals surface area contributed by atoms with Gasteiger partial charge in [-0.25, -0.2) is 18.1 Å². The number of urea groups is 1. The molecule has 142 valence electrons. The molecule has 8 heteroatoms. The number of nitrogens with one attached hydrogen (secondary N) is 1. The first kappa shape index (κ1) is 18.6. The highest BCUT2D eigenvalue weighted by Crippen LogP contribution is 2.36. The summed E-state index contributed by atoms with van der Waals surface area (Å²) < 4.78 is 23.6. The van der Waals surface area contributed by atoms with Crippen LogP contribution in [0.5, 0.6) is 0 Å². The van der Waals surface area contributed by atoms with E-state index in [1.165, 1.54) is 4.90 Å². The molecule has 7 nitrogen and oxygen atoms in total. The average Bonchev–Trinajstić information content (AvgIpc) is 3.02. The van der Waals surface area contributed by atoms with E-state index in [4.69, 9.17) is 0 Å². The van der Waals surface area contributed by atoms with E-state index >= 15 is 0 Å². The van der Waals surface area contributed by atoms with Gasteiger partial charge in [0, 0.05) is 6.04 Å². The molecule has 1 spiro atoms. The van der Waals surface area contributed by atoms with Gasteiger partial charge in [0.25, 0.3) is 5.91 Å². The van der Waals surface area contributed by atoms with E-state index in [0.717, 1.165) is 19.3 Å². The van der Waals surface area contributed by atoms with Crippen molar-refractivity contribution in [2.45, 2.75) is 64.0 Å². The molecule has 3 rings (SSSR count). The van der Waals surface area contributed by atoms with Crippen LogP contribution < -0.4 is 5.32 Å². The minimum absolute atomic E-state index is 0.103. The summed E-state index contributed by atoms with van der Waals surface area (Å²) in [6.45, 7) is 5.07. The summed E-state index contributed by atoms with van der Waals surface area (Å²) in [5.74, 6) is 0.773. The van der Waals surface area contributed by atoms with Crippen molar-refractivity contribution in [3.63, 3.8) is 0 Å². The molecule has 1 N–H and O–H groups in total. The normalized spacial score (nSPS) is 34.9. The second-order valence-corrected chi connectivity index (χ2v) is 10.2. The Kier molecular flexibility index (Phi) is 5.12. The molecule has 25 heavy (non-hydrogen) atoms. The third kappa shape index (κ3) is 3.69. The molecule has 0 radical (unpaired) electrons. The summed E-state index contributed by atoms with van der Waals surface area (Å²) in [5, 5.41) is 2.94. The van der Waals surface area contributed by atoms with Gasteiger partial charge in [-0.2, -0.15) is 0 Å². The predicted molar refractivity (Wildman–Crippen MR) is 94.7 cm³/mol. The van der Waals surface area contributed by atoms with Crippen molar-refractivity contribution >= 4 is 21.8 Å². The Labute approximate surface area is 150 Å². The molecule has 2 saturated heterocycles. The standard InChI is InChI=1S/C17H29N3O4S/c1-3-9-19(14-6-10-25(23,24)11-14)12-20-15(21)17(18-16(20)22)7-4-13(2)5-8-17/h13-14H,3-12H2,1-2H3,(H,18,22). The van der Waals surface area contributed by atoms with Gasteiger partial charge in [-0.05, 0) is 51.0 Å². The molecule has 0 bridgehead atoms. The van der Waals surface area contributed by atoms with Crippen LogP contribution in [0.1, 0.15) is 52.4 Å². The minimum atomic E-state index is -3.00. The van der Waals surface area contributed by atoms with Crippen molar-refractivity contribution in [1.82, 2.24) is 15.1 Å². The zero-order valence-corrected chi connectivity index (χ0v) is 16.0. The van der Waals surface area contributed by atoms with Gasteiger partial charge in [0.2, 0.25) is 0 Å². The summed E-state index contributed by atoms with van der Waals surface area (Å²) >= 11 is 0. The smallest absolute Gasteiger partial charge is 0.323 e. The quantitative estimate of drug-likeness (QED) is 0.737. The van der Waals surface area contributed by atoms with Crippen molar-refractivity contribution in [3.8, 4) is 0 Å². The van der Waals surface area contributed by atoms with Crippen molar-refractivity contribution in [2.75, 3.05) is 24.7 Å². The Hall–Kier alpha value is -1.15. The lowest BCUT2D eigenvalue weighted by molar-refractivity contribution is -0.134. The Morgan fingerprint density at radius 2 is 1.92 bits per heavy atom. The molecular formula is C17H29N3O4S. The molecule has 0 aromatic rings. The van der Waals surface area contributed by atoms with E-state index in [9.17, 15) is 18.0 Å². The lowest BCUT2D eigenvalue weighted by Gasteiger charge is -2.34. The van der Waals surface area contributed by atoms with Gasteiger partial charge < -0.3 is 5.32 Å². The Balaban J connectivity index is 1.72. The van der Waals surface area contributed by atoms with Crippen LogP contribution in [0.15, 0.2) is 0 Å². The SMILES string of the molecule is CCCN(CN1C(=O)NC2(CCC(C)CC2)C1=O)C1CCS(=O)(=O)C1. The highest BCUT2D eigenvalue weighted by atomic mass is 32.2. The van der Waals surface area contributed by atoms with Gasteiger partial charge in [-0.15, -0.1) is 0 Å². The first-order chi connectivity index (χ1) is 11.8. The summed E-state index contributed by atoms with van der Waals surface area (Å²) in [6, 6.07) is -0.435. The molecule has 1 aliphatic carbocycles. The van der Waals surface area contributed by atoms with E-state index in [-0.39, 0.29) is 36.2 Å². The van der Waals surface area contributed by atoms with Crippen molar-refractivity contribution in [1.29, 1.82) is 0 Å². The van der Waals surface area contributed by atoms with Crippen LogP contribution in [-0.4, -0.2) is 66.5 Å². The molecule has 2 heterocycles. The second kappa shape index (κ2) is 6.87. The molecule has 3 aliphatic rings. The number of hydrogen-bond acceptors (Lipinski definition) is 5. The second-order valence-electron chi connectivity index (χ2n) is 7.94. The molecule has 3 amide bonds. The van der Waals surface area contributed by atoms with Gasteiger partial charge in [0.05, 0.1) is 18.2 Å². The first-order valence-corrected chi connectivity index (χ1v) is 11.2. The molecule has 3 fully saturated rings. The van der Waals surface area contributed by atoms with E-state index in [1.807, 2.05) is 11.8 Å². The zero-order valence-electron chi connectivity index (χ0n) is 15.2. The van der Waals surface area contributed by atoms with Crippen LogP contribution >= 0.6 is 0 Å². The lowest BCUT2D eigenvalue weighted by atomic mass is 9.77. The highest BCUT2D eigenvalue weighted by Gasteiger charge is 2.52. The summed E-state index contributed by atoms with van der Waals surface area (Å²) in [6.07, 6.45) is 4.71. The fourth-order valence-corrected chi connectivity index (χ4v) is 6.06. The largest absolute Gasteiger partial charge is 0.326 e. The third-order valence-electron chi connectivity index (χ3n) is 5.93. The van der Waals surface area contributed by atoms with Crippen LogP contribution in [0.25, 0.3) is 0 Å². The van der Waals surface area contributed by atoms with Gasteiger partial charge in [-0.3, -0.25) is 9.69 Å². The molecule has 1 unspecified atom stereocenters. The highest BCUT2D eigenvalue weighted by molar-refractivity contribution is 7.91.